The van der Waals surface area contributed by atoms with Gasteiger partial charge in [0.15, 0.2) is 0 Å². The molecule has 0 bridgehead atoms. The molecule has 4 nitrogen and oxygen atoms in total. The van der Waals surface area contributed by atoms with Gasteiger partial charge in [-0.2, -0.15) is 4.31 Å². The highest BCUT2D eigenvalue weighted by atomic mass is 32.2. The Labute approximate surface area is 118 Å². The first-order valence-electron chi connectivity index (χ1n) is 6.64. The second kappa shape index (κ2) is 4.84. The zero-order valence-electron chi connectivity index (χ0n) is 11.0. The SMILES string of the molecule is COCC1(S(=O)(=O)N2CCC[C@H]2c2cccs2)CC1. The molecule has 1 saturated heterocycles. The highest BCUT2D eigenvalue weighted by Gasteiger charge is 2.58. The van der Waals surface area contributed by atoms with Crippen LogP contribution in [0.25, 0.3) is 0 Å². The van der Waals surface area contributed by atoms with Gasteiger partial charge in [0.25, 0.3) is 0 Å². The normalized spacial score (nSPS) is 26.7. The molecule has 0 amide bonds. The summed E-state index contributed by atoms with van der Waals surface area (Å²) < 4.78 is 32.0. The lowest BCUT2D eigenvalue weighted by Gasteiger charge is -2.28. The zero-order chi connectivity index (χ0) is 13.5. The summed E-state index contributed by atoms with van der Waals surface area (Å²) in [5, 5.41) is 2.01. The third-order valence-corrected chi connectivity index (χ3v) is 7.79. The fourth-order valence-corrected chi connectivity index (χ4v) is 6.17. The van der Waals surface area contributed by atoms with E-state index < -0.39 is 14.8 Å². The van der Waals surface area contributed by atoms with Crippen LogP contribution < -0.4 is 0 Å². The highest BCUT2D eigenvalue weighted by Crippen LogP contribution is 2.49. The lowest BCUT2D eigenvalue weighted by Crippen LogP contribution is -2.42. The molecule has 106 valence electrons. The van der Waals surface area contributed by atoms with Crippen LogP contribution in [0.1, 0.15) is 36.6 Å². The van der Waals surface area contributed by atoms with E-state index in [-0.39, 0.29) is 6.04 Å². The van der Waals surface area contributed by atoms with E-state index in [0.29, 0.717) is 13.2 Å². The highest BCUT2D eigenvalue weighted by molar-refractivity contribution is 7.90. The van der Waals surface area contributed by atoms with Gasteiger partial charge in [0.2, 0.25) is 10.0 Å². The van der Waals surface area contributed by atoms with Crippen LogP contribution in [0, 0.1) is 0 Å². The lowest BCUT2D eigenvalue weighted by molar-refractivity contribution is 0.188. The van der Waals surface area contributed by atoms with E-state index in [1.165, 1.54) is 0 Å². The molecule has 19 heavy (non-hydrogen) atoms. The van der Waals surface area contributed by atoms with Crippen molar-refractivity contribution in [1.82, 2.24) is 4.31 Å². The summed E-state index contributed by atoms with van der Waals surface area (Å²) >= 11 is 1.65. The molecule has 1 saturated carbocycles. The smallest absolute Gasteiger partial charge is 0.222 e. The Hall–Kier alpha value is -0.430. The van der Waals surface area contributed by atoms with E-state index >= 15 is 0 Å². The molecule has 3 rings (SSSR count). The van der Waals surface area contributed by atoms with E-state index in [4.69, 9.17) is 4.74 Å². The monoisotopic (exact) mass is 301 g/mol. The Balaban J connectivity index is 1.89. The molecule has 0 N–H and O–H groups in total. The summed E-state index contributed by atoms with van der Waals surface area (Å²) in [5.74, 6) is 0. The van der Waals surface area contributed by atoms with E-state index in [2.05, 4.69) is 0 Å². The molecule has 2 heterocycles. The minimum absolute atomic E-state index is 0.0410. The zero-order valence-corrected chi connectivity index (χ0v) is 12.7. The number of hydrogen-bond acceptors (Lipinski definition) is 4. The van der Waals surface area contributed by atoms with Crippen molar-refractivity contribution in [3.05, 3.63) is 22.4 Å². The van der Waals surface area contributed by atoms with Gasteiger partial charge >= 0.3 is 0 Å². The summed E-state index contributed by atoms with van der Waals surface area (Å²) in [6, 6.07) is 4.07. The first-order chi connectivity index (χ1) is 9.11. The fourth-order valence-electron chi connectivity index (χ4n) is 2.92. The maximum absolute atomic E-state index is 12.9. The molecule has 1 aliphatic heterocycles. The van der Waals surface area contributed by atoms with Crippen molar-refractivity contribution in [2.45, 2.75) is 36.5 Å². The molecule has 2 aliphatic rings. The lowest BCUT2D eigenvalue weighted by atomic mass is 10.2. The van der Waals surface area contributed by atoms with Crippen LogP contribution in [0.3, 0.4) is 0 Å². The Bertz CT molecular complexity index is 534. The van der Waals surface area contributed by atoms with Crippen LogP contribution in [-0.2, 0) is 14.8 Å². The molecule has 1 atom stereocenters. The van der Waals surface area contributed by atoms with Crippen molar-refractivity contribution in [3.8, 4) is 0 Å². The Morgan fingerprint density at radius 3 is 2.89 bits per heavy atom. The topological polar surface area (TPSA) is 46.6 Å². The number of rotatable bonds is 5. The van der Waals surface area contributed by atoms with Crippen LogP contribution in [0.4, 0.5) is 0 Å². The van der Waals surface area contributed by atoms with Crippen LogP contribution in [0.5, 0.6) is 0 Å². The molecule has 0 radical (unpaired) electrons. The molecule has 0 aromatic carbocycles. The van der Waals surface area contributed by atoms with Crippen LogP contribution in [-0.4, -0.2) is 37.7 Å². The van der Waals surface area contributed by atoms with Crippen LogP contribution in [0.2, 0.25) is 0 Å². The first kappa shape index (κ1) is 13.5. The van der Waals surface area contributed by atoms with Gasteiger partial charge in [0.05, 0.1) is 12.6 Å². The number of hydrogen-bond donors (Lipinski definition) is 0. The van der Waals surface area contributed by atoms with Crippen LogP contribution in [0.15, 0.2) is 17.5 Å². The average Bonchev–Trinajstić information content (AvgIpc) is 2.86. The molecule has 1 aliphatic carbocycles. The second-order valence-electron chi connectivity index (χ2n) is 5.41. The number of thiophene rings is 1. The minimum Gasteiger partial charge on any atom is -0.383 e. The summed E-state index contributed by atoms with van der Waals surface area (Å²) in [7, 11) is -1.67. The molecule has 1 aromatic rings. The van der Waals surface area contributed by atoms with Gasteiger partial charge in [0, 0.05) is 18.5 Å². The molecule has 0 unspecified atom stereocenters. The second-order valence-corrected chi connectivity index (χ2v) is 8.67. The fraction of sp³-hybridized carbons (Fsp3) is 0.692. The van der Waals surface area contributed by atoms with Crippen LogP contribution >= 0.6 is 11.3 Å². The van der Waals surface area contributed by atoms with E-state index in [9.17, 15) is 8.42 Å². The van der Waals surface area contributed by atoms with Gasteiger partial charge in [-0.3, -0.25) is 0 Å². The molecular weight excluding hydrogens is 282 g/mol. The van der Waals surface area contributed by atoms with E-state index in [1.54, 1.807) is 22.8 Å². The minimum atomic E-state index is -3.25. The predicted molar refractivity (Wildman–Crippen MR) is 75.8 cm³/mol. The van der Waals surface area contributed by atoms with Gasteiger partial charge in [0.1, 0.15) is 4.75 Å². The quantitative estimate of drug-likeness (QED) is 0.839. The number of methoxy groups -OCH3 is 1. The Kier molecular flexibility index (Phi) is 3.45. The van der Waals surface area contributed by atoms with Crippen molar-refractivity contribution in [3.63, 3.8) is 0 Å². The number of nitrogens with zero attached hydrogens (tertiary/aromatic N) is 1. The maximum Gasteiger partial charge on any atom is 0.222 e. The van der Waals surface area contributed by atoms with Gasteiger partial charge in [-0.15, -0.1) is 11.3 Å². The largest absolute Gasteiger partial charge is 0.383 e. The molecule has 2 fully saturated rings. The van der Waals surface area contributed by atoms with E-state index in [1.807, 2.05) is 17.5 Å². The third-order valence-electron chi connectivity index (χ3n) is 4.15. The van der Waals surface area contributed by atoms with Crippen molar-refractivity contribution in [2.24, 2.45) is 0 Å². The van der Waals surface area contributed by atoms with Crippen molar-refractivity contribution < 1.29 is 13.2 Å². The standard InChI is InChI=1S/C13H19NO3S2/c1-17-10-13(6-7-13)19(15,16)14-8-2-4-11(14)12-5-3-9-18-12/h3,5,9,11H,2,4,6-8,10H2,1H3/t11-/m0/s1. The third kappa shape index (κ3) is 2.14. The Morgan fingerprint density at radius 1 is 1.53 bits per heavy atom. The van der Waals surface area contributed by atoms with Gasteiger partial charge in [-0.05, 0) is 37.1 Å². The van der Waals surface area contributed by atoms with Gasteiger partial charge in [-0.25, -0.2) is 8.42 Å². The van der Waals surface area contributed by atoms with Crippen molar-refractivity contribution in [1.29, 1.82) is 0 Å². The Morgan fingerprint density at radius 2 is 2.32 bits per heavy atom. The van der Waals surface area contributed by atoms with Crippen molar-refractivity contribution in [2.75, 3.05) is 20.3 Å². The summed E-state index contributed by atoms with van der Waals surface area (Å²) in [6.45, 7) is 0.972. The summed E-state index contributed by atoms with van der Waals surface area (Å²) in [6.07, 6.45) is 3.35. The molecule has 6 heteroatoms. The molecule has 1 aromatic heterocycles. The van der Waals surface area contributed by atoms with E-state index in [0.717, 1.165) is 30.6 Å². The van der Waals surface area contributed by atoms with Gasteiger partial charge in [-0.1, -0.05) is 6.07 Å². The summed E-state index contributed by atoms with van der Waals surface area (Å²) in [4.78, 5) is 1.16. The van der Waals surface area contributed by atoms with Gasteiger partial charge < -0.3 is 4.74 Å². The first-order valence-corrected chi connectivity index (χ1v) is 8.96. The average molecular weight is 301 g/mol. The number of ether oxygens (including phenoxy) is 1. The van der Waals surface area contributed by atoms with Crippen molar-refractivity contribution >= 4 is 21.4 Å². The summed E-state index contributed by atoms with van der Waals surface area (Å²) in [5.41, 5.74) is 0. The molecule has 0 spiro atoms. The number of sulfonamides is 1. The molecular formula is C13H19NO3S2. The predicted octanol–water partition coefficient (Wildman–Crippen LogP) is 2.39. The maximum atomic E-state index is 12.9.